The van der Waals surface area contributed by atoms with Gasteiger partial charge in [0.25, 0.3) is 0 Å². The van der Waals surface area contributed by atoms with Crippen LogP contribution in [0.5, 0.6) is 0 Å². The van der Waals surface area contributed by atoms with E-state index in [1.807, 2.05) is 32.2 Å². The first-order chi connectivity index (χ1) is 15.8. The minimum absolute atomic E-state index is 0.0721. The smallest absolute Gasteiger partial charge is 0.142 e. The van der Waals surface area contributed by atoms with Crippen LogP contribution in [0.3, 0.4) is 0 Å². The lowest BCUT2D eigenvalue weighted by Crippen LogP contribution is -2.37. The van der Waals surface area contributed by atoms with Crippen LogP contribution in [-0.2, 0) is 24.7 Å². The number of fused-ring (bicyclic) bond motifs is 1. The van der Waals surface area contributed by atoms with Crippen molar-refractivity contribution in [1.29, 1.82) is 0 Å². The average Bonchev–Trinajstić information content (AvgIpc) is 3.16. The van der Waals surface area contributed by atoms with Crippen LogP contribution in [-0.4, -0.2) is 13.6 Å². The van der Waals surface area contributed by atoms with Crippen LogP contribution in [0.15, 0.2) is 55.1 Å². The van der Waals surface area contributed by atoms with Crippen molar-refractivity contribution in [2.75, 3.05) is 13.6 Å². The Morgan fingerprint density at radius 3 is 2.48 bits per heavy atom. The third-order valence-electron chi connectivity index (χ3n) is 6.70. The topological polar surface area (TPSA) is 38.0 Å². The fourth-order valence-corrected chi connectivity index (χ4v) is 5.52. The standard InChI is InChI=1S/C28H29ClF2N2/c1-4-8-18-11-12-21(17(2)32)25(27(18)31)24-22-15-28(16-33-3,20-9-6-5-7-10-20)14-19(22)13-23(30)26(24)29/h5-7,9-13,33H,2,4,8,14-16,32H2,1,3H3. The van der Waals surface area contributed by atoms with Crippen LogP contribution in [0.1, 0.15) is 41.2 Å². The van der Waals surface area contributed by atoms with Crippen LogP contribution in [0.4, 0.5) is 8.78 Å². The molecule has 1 unspecified atom stereocenters. The number of rotatable bonds is 7. The number of likely N-dealkylation sites (N-methyl/N-ethyl adjacent to an activating group) is 1. The van der Waals surface area contributed by atoms with Crippen molar-refractivity contribution >= 4 is 17.3 Å². The van der Waals surface area contributed by atoms with E-state index in [1.165, 1.54) is 6.07 Å². The third-order valence-corrected chi connectivity index (χ3v) is 7.07. The van der Waals surface area contributed by atoms with Crippen LogP contribution in [0.2, 0.25) is 5.02 Å². The lowest BCUT2D eigenvalue weighted by atomic mass is 9.77. The predicted molar refractivity (Wildman–Crippen MR) is 133 cm³/mol. The Labute approximate surface area is 199 Å². The van der Waals surface area contributed by atoms with Crippen molar-refractivity contribution in [3.63, 3.8) is 0 Å². The van der Waals surface area contributed by atoms with E-state index in [4.69, 9.17) is 17.3 Å². The quantitative estimate of drug-likeness (QED) is 0.421. The zero-order valence-electron chi connectivity index (χ0n) is 19.1. The number of hydrogen-bond donors (Lipinski definition) is 2. The molecule has 3 N–H and O–H groups in total. The summed E-state index contributed by atoms with van der Waals surface area (Å²) in [4.78, 5) is 0. The summed E-state index contributed by atoms with van der Waals surface area (Å²) in [7, 11) is 1.91. The van der Waals surface area contributed by atoms with Crippen molar-refractivity contribution in [3.8, 4) is 11.1 Å². The maximum absolute atomic E-state index is 15.9. The largest absolute Gasteiger partial charge is 0.399 e. The van der Waals surface area contributed by atoms with Crippen molar-refractivity contribution in [1.82, 2.24) is 5.32 Å². The highest BCUT2D eigenvalue weighted by molar-refractivity contribution is 6.34. The summed E-state index contributed by atoms with van der Waals surface area (Å²) < 4.78 is 31.1. The zero-order valence-corrected chi connectivity index (χ0v) is 19.8. The number of hydrogen-bond acceptors (Lipinski definition) is 2. The molecule has 33 heavy (non-hydrogen) atoms. The maximum Gasteiger partial charge on any atom is 0.142 e. The molecule has 3 aromatic rings. The number of aryl methyl sites for hydroxylation is 1. The Morgan fingerprint density at radius 1 is 1.12 bits per heavy atom. The van der Waals surface area contributed by atoms with E-state index >= 15 is 8.78 Å². The number of benzene rings is 3. The van der Waals surface area contributed by atoms with E-state index in [-0.39, 0.29) is 21.7 Å². The van der Waals surface area contributed by atoms with Gasteiger partial charge in [-0.15, -0.1) is 0 Å². The minimum atomic E-state index is -0.549. The van der Waals surface area contributed by atoms with Crippen molar-refractivity contribution in [3.05, 3.63) is 99.6 Å². The van der Waals surface area contributed by atoms with Gasteiger partial charge in [-0.3, -0.25) is 0 Å². The van der Waals surface area contributed by atoms with Gasteiger partial charge >= 0.3 is 0 Å². The predicted octanol–water partition coefficient (Wildman–Crippen LogP) is 6.42. The molecular formula is C28H29ClF2N2. The molecule has 0 aliphatic heterocycles. The first-order valence-electron chi connectivity index (χ1n) is 11.3. The Balaban J connectivity index is 1.99. The second-order valence-corrected chi connectivity index (χ2v) is 9.33. The zero-order chi connectivity index (χ0) is 23.8. The third kappa shape index (κ3) is 4.07. The number of nitrogens with one attached hydrogen (secondary N) is 1. The molecule has 2 nitrogen and oxygen atoms in total. The molecule has 4 rings (SSSR count). The molecule has 5 heteroatoms. The molecule has 1 atom stereocenters. The number of halogens is 3. The Kier molecular flexibility index (Phi) is 6.60. The minimum Gasteiger partial charge on any atom is -0.399 e. The molecule has 1 aliphatic rings. The SMILES string of the molecule is C=C(N)c1ccc(CCC)c(F)c1-c1c(Cl)c(F)cc2c1CC(CNC)(c1ccccc1)C2. The van der Waals surface area contributed by atoms with Crippen molar-refractivity contribution < 1.29 is 8.78 Å². The summed E-state index contributed by atoms with van der Waals surface area (Å²) in [6, 6.07) is 15.2. The van der Waals surface area contributed by atoms with Gasteiger partial charge in [-0.2, -0.15) is 0 Å². The summed E-state index contributed by atoms with van der Waals surface area (Å²) in [6.07, 6.45) is 2.59. The van der Waals surface area contributed by atoms with Crippen LogP contribution < -0.4 is 11.1 Å². The van der Waals surface area contributed by atoms with Gasteiger partial charge in [0, 0.05) is 34.3 Å². The second kappa shape index (κ2) is 9.28. The molecule has 0 aromatic heterocycles. The molecule has 0 spiro atoms. The van der Waals surface area contributed by atoms with Crippen LogP contribution >= 0.6 is 11.6 Å². The van der Waals surface area contributed by atoms with Crippen LogP contribution in [0.25, 0.3) is 16.8 Å². The summed E-state index contributed by atoms with van der Waals surface area (Å²) in [5.74, 6) is -0.950. The highest BCUT2D eigenvalue weighted by atomic mass is 35.5. The molecule has 0 saturated heterocycles. The first-order valence-corrected chi connectivity index (χ1v) is 11.7. The molecular weight excluding hydrogens is 438 g/mol. The van der Waals surface area contributed by atoms with E-state index in [9.17, 15) is 0 Å². The van der Waals surface area contributed by atoms with E-state index in [1.54, 1.807) is 12.1 Å². The Hall–Kier alpha value is -2.69. The molecule has 3 aromatic carbocycles. The number of nitrogens with two attached hydrogens (primary N) is 1. The van der Waals surface area contributed by atoms with E-state index in [0.717, 1.165) is 23.1 Å². The molecule has 0 bridgehead atoms. The molecule has 0 radical (unpaired) electrons. The van der Waals surface area contributed by atoms with Gasteiger partial charge < -0.3 is 11.1 Å². The molecule has 0 amide bonds. The van der Waals surface area contributed by atoms with Crippen molar-refractivity contribution in [2.45, 2.75) is 38.0 Å². The fourth-order valence-electron chi connectivity index (χ4n) is 5.26. The van der Waals surface area contributed by atoms with Gasteiger partial charge in [0.05, 0.1) is 5.02 Å². The van der Waals surface area contributed by atoms with E-state index in [0.29, 0.717) is 42.5 Å². The van der Waals surface area contributed by atoms with Crippen molar-refractivity contribution in [2.24, 2.45) is 5.73 Å². The molecule has 1 aliphatic carbocycles. The Bertz CT molecular complexity index is 1210. The molecule has 0 heterocycles. The molecule has 172 valence electrons. The average molecular weight is 467 g/mol. The van der Waals surface area contributed by atoms with E-state index in [2.05, 4.69) is 24.0 Å². The lowest BCUT2D eigenvalue weighted by molar-refractivity contribution is 0.430. The van der Waals surface area contributed by atoms with Gasteiger partial charge in [0.1, 0.15) is 11.6 Å². The summed E-state index contributed by atoms with van der Waals surface area (Å²) >= 11 is 6.58. The first kappa shape index (κ1) is 23.5. The lowest BCUT2D eigenvalue weighted by Gasteiger charge is -2.30. The van der Waals surface area contributed by atoms with Gasteiger partial charge in [0.15, 0.2) is 0 Å². The highest BCUT2D eigenvalue weighted by Crippen LogP contribution is 2.48. The maximum atomic E-state index is 15.9. The summed E-state index contributed by atoms with van der Waals surface area (Å²) in [5.41, 5.74) is 10.5. The van der Waals surface area contributed by atoms with Gasteiger partial charge in [0.2, 0.25) is 0 Å². The van der Waals surface area contributed by atoms with E-state index < -0.39 is 11.6 Å². The summed E-state index contributed by atoms with van der Waals surface area (Å²) in [6.45, 7) is 6.53. The van der Waals surface area contributed by atoms with Gasteiger partial charge in [-0.05, 0) is 54.6 Å². The molecule has 0 saturated carbocycles. The van der Waals surface area contributed by atoms with Gasteiger partial charge in [-0.1, -0.05) is 74.0 Å². The van der Waals surface area contributed by atoms with Crippen LogP contribution in [0, 0.1) is 11.6 Å². The second-order valence-electron chi connectivity index (χ2n) is 8.95. The summed E-state index contributed by atoms with van der Waals surface area (Å²) in [5, 5.41) is 3.23. The monoisotopic (exact) mass is 466 g/mol. The highest BCUT2D eigenvalue weighted by Gasteiger charge is 2.41. The fraction of sp³-hybridized carbons (Fsp3) is 0.286. The Morgan fingerprint density at radius 2 is 1.85 bits per heavy atom. The molecule has 0 fully saturated rings. The normalized spacial score (nSPS) is 17.2. The van der Waals surface area contributed by atoms with Gasteiger partial charge in [-0.25, -0.2) is 8.78 Å².